The lowest BCUT2D eigenvalue weighted by Gasteiger charge is -2.13. The third-order valence-corrected chi connectivity index (χ3v) is 3.81. The predicted molar refractivity (Wildman–Crippen MR) is 94.2 cm³/mol. The van der Waals surface area contributed by atoms with Gasteiger partial charge in [-0.1, -0.05) is 55.5 Å². The summed E-state index contributed by atoms with van der Waals surface area (Å²) in [5.74, 6) is -0.738. The van der Waals surface area contributed by atoms with Crippen LogP contribution in [0.25, 0.3) is 0 Å². The fourth-order valence-corrected chi connectivity index (χ4v) is 2.37. The molecule has 0 bridgehead atoms. The van der Waals surface area contributed by atoms with Gasteiger partial charge in [-0.2, -0.15) is 0 Å². The number of hydrogen-bond donors (Lipinski definition) is 1. The SMILES string of the molecule is CCNCCOC(=O)C(C)c1cccc(C(=O)c2ccccc2)c1. The molecule has 0 amide bonds. The van der Waals surface area contributed by atoms with Crippen LogP contribution in [0, 0.1) is 0 Å². The van der Waals surface area contributed by atoms with Crippen LogP contribution in [0.1, 0.15) is 41.3 Å². The Bertz CT molecular complexity index is 682. The van der Waals surface area contributed by atoms with Gasteiger partial charge in [0.25, 0.3) is 0 Å². The second kappa shape index (κ2) is 8.99. The van der Waals surface area contributed by atoms with Crippen molar-refractivity contribution in [1.29, 1.82) is 0 Å². The first-order chi connectivity index (χ1) is 11.6. The van der Waals surface area contributed by atoms with Gasteiger partial charge in [0.05, 0.1) is 5.92 Å². The monoisotopic (exact) mass is 325 g/mol. The van der Waals surface area contributed by atoms with Crippen molar-refractivity contribution < 1.29 is 14.3 Å². The average molecular weight is 325 g/mol. The summed E-state index contributed by atoms with van der Waals surface area (Å²) in [6.45, 7) is 5.62. The molecule has 2 aromatic carbocycles. The second-order valence-corrected chi connectivity index (χ2v) is 5.56. The molecular formula is C20H23NO3. The van der Waals surface area contributed by atoms with Crippen LogP contribution in [0.5, 0.6) is 0 Å². The maximum Gasteiger partial charge on any atom is 0.313 e. The molecule has 0 aliphatic carbocycles. The van der Waals surface area contributed by atoms with Gasteiger partial charge >= 0.3 is 5.97 Å². The van der Waals surface area contributed by atoms with Crippen molar-refractivity contribution in [3.05, 3.63) is 71.3 Å². The Balaban J connectivity index is 2.06. The van der Waals surface area contributed by atoms with Gasteiger partial charge in [0, 0.05) is 17.7 Å². The van der Waals surface area contributed by atoms with Crippen molar-refractivity contribution in [3.8, 4) is 0 Å². The number of carbonyl (C=O) groups is 2. The number of carbonyl (C=O) groups excluding carboxylic acids is 2. The Hall–Kier alpha value is -2.46. The normalized spacial score (nSPS) is 11.8. The Morgan fingerprint density at radius 1 is 1.04 bits per heavy atom. The van der Waals surface area contributed by atoms with Crippen LogP contribution in [-0.2, 0) is 9.53 Å². The summed E-state index contributed by atoms with van der Waals surface area (Å²) in [5, 5.41) is 3.10. The molecule has 0 saturated carbocycles. The number of ether oxygens (including phenoxy) is 1. The summed E-state index contributed by atoms with van der Waals surface area (Å²) in [4.78, 5) is 24.6. The lowest BCUT2D eigenvalue weighted by molar-refractivity contribution is -0.144. The van der Waals surface area contributed by atoms with E-state index in [1.165, 1.54) is 0 Å². The van der Waals surface area contributed by atoms with Gasteiger partial charge in [-0.3, -0.25) is 9.59 Å². The number of esters is 1. The van der Waals surface area contributed by atoms with Gasteiger partial charge in [-0.05, 0) is 25.1 Å². The molecule has 2 aromatic rings. The molecule has 4 nitrogen and oxygen atoms in total. The van der Waals surface area contributed by atoms with Crippen molar-refractivity contribution in [1.82, 2.24) is 5.32 Å². The smallest absolute Gasteiger partial charge is 0.313 e. The largest absolute Gasteiger partial charge is 0.464 e. The molecule has 0 aromatic heterocycles. The zero-order valence-corrected chi connectivity index (χ0v) is 14.1. The molecule has 1 unspecified atom stereocenters. The standard InChI is InChI=1S/C20H23NO3/c1-3-21-12-13-24-20(23)15(2)17-10-7-11-18(14-17)19(22)16-8-5-4-6-9-16/h4-11,14-15,21H,3,12-13H2,1-2H3. The van der Waals surface area contributed by atoms with Crippen LogP contribution in [-0.4, -0.2) is 31.4 Å². The molecule has 0 radical (unpaired) electrons. The van der Waals surface area contributed by atoms with E-state index in [-0.39, 0.29) is 11.8 Å². The molecule has 126 valence electrons. The summed E-state index contributed by atoms with van der Waals surface area (Å²) in [6.07, 6.45) is 0. The fourth-order valence-electron chi connectivity index (χ4n) is 2.37. The number of rotatable bonds is 8. The topological polar surface area (TPSA) is 55.4 Å². The van der Waals surface area contributed by atoms with Gasteiger partial charge in [0.2, 0.25) is 0 Å². The van der Waals surface area contributed by atoms with E-state index in [4.69, 9.17) is 4.74 Å². The molecule has 0 aliphatic rings. The maximum absolute atomic E-state index is 12.5. The summed E-state index contributed by atoms with van der Waals surface area (Å²) in [7, 11) is 0. The van der Waals surface area contributed by atoms with Crippen LogP contribution in [0.15, 0.2) is 54.6 Å². The Morgan fingerprint density at radius 3 is 2.46 bits per heavy atom. The van der Waals surface area contributed by atoms with Crippen molar-refractivity contribution in [3.63, 3.8) is 0 Å². The van der Waals surface area contributed by atoms with E-state index in [0.717, 1.165) is 12.1 Å². The van der Waals surface area contributed by atoms with Crippen LogP contribution < -0.4 is 5.32 Å². The van der Waals surface area contributed by atoms with E-state index in [9.17, 15) is 9.59 Å². The van der Waals surface area contributed by atoms with Gasteiger partial charge in [-0.25, -0.2) is 0 Å². The molecule has 0 heterocycles. The first-order valence-electron chi connectivity index (χ1n) is 8.20. The third kappa shape index (κ3) is 4.77. The fraction of sp³-hybridized carbons (Fsp3) is 0.300. The molecule has 1 N–H and O–H groups in total. The number of nitrogens with one attached hydrogen (secondary N) is 1. The highest BCUT2D eigenvalue weighted by molar-refractivity contribution is 6.09. The van der Waals surface area contributed by atoms with E-state index < -0.39 is 5.92 Å². The highest BCUT2D eigenvalue weighted by atomic mass is 16.5. The summed E-state index contributed by atoms with van der Waals surface area (Å²) in [5.41, 5.74) is 1.99. The minimum Gasteiger partial charge on any atom is -0.464 e. The van der Waals surface area contributed by atoms with E-state index in [1.807, 2.05) is 31.2 Å². The molecule has 0 fully saturated rings. The Labute approximate surface area is 142 Å². The summed E-state index contributed by atoms with van der Waals surface area (Å²) in [6, 6.07) is 16.3. The molecule has 0 saturated heterocycles. The average Bonchev–Trinajstić information content (AvgIpc) is 2.64. The highest BCUT2D eigenvalue weighted by Crippen LogP contribution is 2.20. The van der Waals surface area contributed by atoms with Gasteiger partial charge in [0.1, 0.15) is 6.61 Å². The summed E-state index contributed by atoms with van der Waals surface area (Å²) < 4.78 is 5.26. The predicted octanol–water partition coefficient (Wildman–Crippen LogP) is 3.17. The van der Waals surface area contributed by atoms with Crippen LogP contribution in [0.2, 0.25) is 0 Å². The van der Waals surface area contributed by atoms with Crippen molar-refractivity contribution in [2.24, 2.45) is 0 Å². The lowest BCUT2D eigenvalue weighted by Crippen LogP contribution is -2.22. The molecule has 4 heteroatoms. The first kappa shape index (κ1) is 17.9. The molecule has 24 heavy (non-hydrogen) atoms. The first-order valence-corrected chi connectivity index (χ1v) is 8.20. The van der Waals surface area contributed by atoms with Gasteiger partial charge in [0.15, 0.2) is 5.78 Å². The third-order valence-electron chi connectivity index (χ3n) is 3.81. The lowest BCUT2D eigenvalue weighted by atomic mass is 9.96. The Morgan fingerprint density at radius 2 is 1.75 bits per heavy atom. The van der Waals surface area contributed by atoms with Crippen LogP contribution in [0.4, 0.5) is 0 Å². The zero-order chi connectivity index (χ0) is 17.4. The molecule has 0 spiro atoms. The zero-order valence-electron chi connectivity index (χ0n) is 14.1. The van der Waals surface area contributed by atoms with Gasteiger partial charge in [-0.15, -0.1) is 0 Å². The van der Waals surface area contributed by atoms with Crippen molar-refractivity contribution >= 4 is 11.8 Å². The van der Waals surface area contributed by atoms with Crippen molar-refractivity contribution in [2.75, 3.05) is 19.7 Å². The minimum absolute atomic E-state index is 0.0508. The van der Waals surface area contributed by atoms with E-state index in [2.05, 4.69) is 5.32 Å². The quantitative estimate of drug-likeness (QED) is 0.460. The molecular weight excluding hydrogens is 302 g/mol. The number of hydrogen-bond acceptors (Lipinski definition) is 4. The van der Waals surface area contributed by atoms with Crippen molar-refractivity contribution in [2.45, 2.75) is 19.8 Å². The minimum atomic E-state index is -0.407. The van der Waals surface area contributed by atoms with E-state index in [0.29, 0.717) is 24.3 Å². The van der Waals surface area contributed by atoms with E-state index >= 15 is 0 Å². The molecule has 0 aliphatic heterocycles. The van der Waals surface area contributed by atoms with Crippen LogP contribution in [0.3, 0.4) is 0 Å². The second-order valence-electron chi connectivity index (χ2n) is 5.56. The number of likely N-dealkylation sites (N-methyl/N-ethyl adjacent to an activating group) is 1. The Kier molecular flexibility index (Phi) is 6.70. The molecule has 2 rings (SSSR count). The van der Waals surface area contributed by atoms with Gasteiger partial charge < -0.3 is 10.1 Å². The number of ketones is 1. The highest BCUT2D eigenvalue weighted by Gasteiger charge is 2.18. The van der Waals surface area contributed by atoms with Crippen LogP contribution >= 0.6 is 0 Å². The summed E-state index contributed by atoms with van der Waals surface area (Å²) >= 11 is 0. The van der Waals surface area contributed by atoms with E-state index in [1.54, 1.807) is 37.3 Å². The number of benzene rings is 2. The maximum atomic E-state index is 12.5. The molecule has 1 atom stereocenters.